The first-order valence-electron chi connectivity index (χ1n) is 8.16. The molecule has 1 N–H and O–H groups in total. The molecule has 2 saturated carbocycles. The summed E-state index contributed by atoms with van der Waals surface area (Å²) in [6.07, 6.45) is 5.47. The molecule has 3 aliphatic rings. The molecule has 0 aromatic carbocycles. The lowest BCUT2D eigenvalue weighted by Crippen LogP contribution is -2.40. The van der Waals surface area contributed by atoms with E-state index in [1.807, 2.05) is 0 Å². The number of fused-ring (bicyclic) bond motifs is 2. The summed E-state index contributed by atoms with van der Waals surface area (Å²) >= 11 is 0. The number of carbonyl (C=O) groups is 3. The molecule has 1 heterocycles. The van der Waals surface area contributed by atoms with Gasteiger partial charge in [0.25, 0.3) is 5.91 Å². The van der Waals surface area contributed by atoms with Gasteiger partial charge < -0.3 is 10.1 Å². The zero-order valence-electron chi connectivity index (χ0n) is 13.3. The predicted molar refractivity (Wildman–Crippen MR) is 78.8 cm³/mol. The highest BCUT2D eigenvalue weighted by Gasteiger charge is 2.44. The van der Waals surface area contributed by atoms with Crippen LogP contribution >= 0.6 is 0 Å². The Hall–Kier alpha value is -1.59. The zero-order chi connectivity index (χ0) is 15.9. The Morgan fingerprint density at radius 2 is 2.09 bits per heavy atom. The van der Waals surface area contributed by atoms with E-state index in [4.69, 9.17) is 4.74 Å². The summed E-state index contributed by atoms with van der Waals surface area (Å²) in [6, 6.07) is -0.417. The number of nitrogens with zero attached hydrogens (tertiary/aromatic N) is 1. The molecule has 3 fully saturated rings. The van der Waals surface area contributed by atoms with E-state index in [1.165, 1.54) is 19.3 Å². The van der Waals surface area contributed by atoms with Crippen molar-refractivity contribution in [1.29, 1.82) is 0 Å². The molecule has 3 rings (SSSR count). The predicted octanol–water partition coefficient (Wildman–Crippen LogP) is 1.69. The van der Waals surface area contributed by atoms with Crippen LogP contribution in [0.15, 0.2) is 0 Å². The van der Waals surface area contributed by atoms with Gasteiger partial charge in [0, 0.05) is 6.42 Å². The molecule has 122 valence electrons. The van der Waals surface area contributed by atoms with Gasteiger partial charge in [0.15, 0.2) is 0 Å². The third-order valence-electron chi connectivity index (χ3n) is 5.34. The molecule has 6 heteroatoms. The van der Waals surface area contributed by atoms with Gasteiger partial charge in [-0.15, -0.1) is 0 Å². The number of hydrogen-bond acceptors (Lipinski definition) is 4. The molecule has 3 unspecified atom stereocenters. The maximum Gasteiger partial charge on any atom is 0.325 e. The fraction of sp³-hybridized carbons (Fsp3) is 0.812. The first-order valence-corrected chi connectivity index (χ1v) is 8.16. The Morgan fingerprint density at radius 1 is 1.32 bits per heavy atom. The smallest absolute Gasteiger partial charge is 0.325 e. The Balaban J connectivity index is 1.41. The van der Waals surface area contributed by atoms with Gasteiger partial charge in [-0.1, -0.05) is 6.42 Å². The van der Waals surface area contributed by atoms with Crippen LogP contribution < -0.4 is 5.32 Å². The van der Waals surface area contributed by atoms with Crippen LogP contribution in [0.3, 0.4) is 0 Å². The highest BCUT2D eigenvalue weighted by Crippen LogP contribution is 2.49. The maximum atomic E-state index is 12.0. The van der Waals surface area contributed by atoms with Crippen LogP contribution in [0.25, 0.3) is 0 Å². The first kappa shape index (κ1) is 15.3. The largest absolute Gasteiger partial charge is 0.464 e. The van der Waals surface area contributed by atoms with Crippen molar-refractivity contribution in [2.45, 2.75) is 51.5 Å². The van der Waals surface area contributed by atoms with Gasteiger partial charge in [0.1, 0.15) is 12.1 Å². The summed E-state index contributed by atoms with van der Waals surface area (Å²) in [5.41, 5.74) is -0.871. The minimum absolute atomic E-state index is 0.0783. The Bertz CT molecular complexity index is 502. The standard InChI is InChI=1S/C16H24N2O4/c1-16(2)14(20)18(15(21)17-16)5-6-22-13(19)9-12-8-10-3-4-11(12)7-10/h10-12H,3-9H2,1-2H3,(H,17,21). The lowest BCUT2D eigenvalue weighted by atomic mass is 9.86. The topological polar surface area (TPSA) is 75.7 Å². The van der Waals surface area contributed by atoms with Crippen molar-refractivity contribution in [2.75, 3.05) is 13.2 Å². The van der Waals surface area contributed by atoms with E-state index in [2.05, 4.69) is 5.32 Å². The fourth-order valence-electron chi connectivity index (χ4n) is 4.17. The summed E-state index contributed by atoms with van der Waals surface area (Å²) < 4.78 is 5.23. The number of amides is 3. The van der Waals surface area contributed by atoms with Crippen LogP contribution in [0.4, 0.5) is 4.79 Å². The molecule has 3 atom stereocenters. The molecule has 6 nitrogen and oxygen atoms in total. The lowest BCUT2D eigenvalue weighted by molar-refractivity contribution is -0.146. The number of carbonyl (C=O) groups excluding carboxylic acids is 3. The summed E-state index contributed by atoms with van der Waals surface area (Å²) in [5, 5.41) is 2.61. The van der Waals surface area contributed by atoms with Crippen molar-refractivity contribution < 1.29 is 19.1 Å². The maximum absolute atomic E-state index is 12.0. The number of nitrogens with one attached hydrogen (secondary N) is 1. The van der Waals surface area contributed by atoms with Crippen LogP contribution in [-0.2, 0) is 14.3 Å². The molecule has 22 heavy (non-hydrogen) atoms. The summed E-state index contributed by atoms with van der Waals surface area (Å²) in [5.74, 6) is 1.51. The van der Waals surface area contributed by atoms with E-state index in [-0.39, 0.29) is 25.0 Å². The number of urea groups is 1. The summed E-state index contributed by atoms with van der Waals surface area (Å²) in [4.78, 5) is 36.7. The van der Waals surface area contributed by atoms with E-state index in [0.29, 0.717) is 18.3 Å². The zero-order valence-corrected chi connectivity index (χ0v) is 13.3. The molecule has 3 amide bonds. The van der Waals surface area contributed by atoms with Crippen LogP contribution in [-0.4, -0.2) is 41.5 Å². The molecule has 2 aliphatic carbocycles. The molecule has 1 saturated heterocycles. The van der Waals surface area contributed by atoms with Crippen LogP contribution in [0.5, 0.6) is 0 Å². The first-order chi connectivity index (χ1) is 10.4. The second-order valence-corrected chi connectivity index (χ2v) is 7.37. The number of hydrogen-bond donors (Lipinski definition) is 1. The molecule has 0 radical (unpaired) electrons. The molecule has 1 aliphatic heterocycles. The van der Waals surface area contributed by atoms with Gasteiger partial charge in [0.2, 0.25) is 0 Å². The SMILES string of the molecule is CC1(C)NC(=O)N(CCOC(=O)CC2CC3CCC2C3)C1=O. The fourth-order valence-corrected chi connectivity index (χ4v) is 4.17. The average molecular weight is 308 g/mol. The van der Waals surface area contributed by atoms with Gasteiger partial charge in [-0.2, -0.15) is 0 Å². The van der Waals surface area contributed by atoms with Crippen molar-refractivity contribution in [1.82, 2.24) is 10.2 Å². The molecule has 0 aromatic rings. The van der Waals surface area contributed by atoms with Gasteiger partial charge in [-0.05, 0) is 50.9 Å². The Morgan fingerprint density at radius 3 is 2.64 bits per heavy atom. The average Bonchev–Trinajstić information content (AvgIpc) is 3.08. The van der Waals surface area contributed by atoms with E-state index in [0.717, 1.165) is 17.2 Å². The minimum atomic E-state index is -0.871. The highest BCUT2D eigenvalue weighted by molar-refractivity contribution is 6.06. The number of imide groups is 1. The Labute approximate surface area is 130 Å². The highest BCUT2D eigenvalue weighted by atomic mass is 16.5. The van der Waals surface area contributed by atoms with Gasteiger partial charge in [-0.3, -0.25) is 14.5 Å². The van der Waals surface area contributed by atoms with Crippen LogP contribution in [0, 0.1) is 17.8 Å². The van der Waals surface area contributed by atoms with E-state index in [1.54, 1.807) is 13.8 Å². The van der Waals surface area contributed by atoms with Crippen molar-refractivity contribution in [3.8, 4) is 0 Å². The van der Waals surface area contributed by atoms with Gasteiger partial charge >= 0.3 is 12.0 Å². The van der Waals surface area contributed by atoms with E-state index < -0.39 is 11.6 Å². The van der Waals surface area contributed by atoms with Crippen molar-refractivity contribution in [3.05, 3.63) is 0 Å². The number of ether oxygens (including phenoxy) is 1. The molecule has 0 aromatic heterocycles. The number of rotatable bonds is 5. The second kappa shape index (κ2) is 5.56. The number of esters is 1. The van der Waals surface area contributed by atoms with Crippen LogP contribution in [0.1, 0.15) is 46.0 Å². The monoisotopic (exact) mass is 308 g/mol. The minimum Gasteiger partial charge on any atom is -0.464 e. The van der Waals surface area contributed by atoms with Gasteiger partial charge in [-0.25, -0.2) is 4.79 Å². The van der Waals surface area contributed by atoms with E-state index in [9.17, 15) is 14.4 Å². The lowest BCUT2D eigenvalue weighted by Gasteiger charge is -2.21. The van der Waals surface area contributed by atoms with Crippen LogP contribution in [0.2, 0.25) is 0 Å². The van der Waals surface area contributed by atoms with Crippen molar-refractivity contribution in [2.24, 2.45) is 17.8 Å². The third kappa shape index (κ3) is 2.83. The quantitative estimate of drug-likeness (QED) is 0.619. The second-order valence-electron chi connectivity index (χ2n) is 7.37. The normalized spacial score (nSPS) is 32.5. The van der Waals surface area contributed by atoms with Gasteiger partial charge in [0.05, 0.1) is 6.54 Å². The Kier molecular flexibility index (Phi) is 3.87. The molecular weight excluding hydrogens is 284 g/mol. The molecule has 2 bridgehead atoms. The van der Waals surface area contributed by atoms with Crippen molar-refractivity contribution in [3.63, 3.8) is 0 Å². The molecule has 0 spiro atoms. The van der Waals surface area contributed by atoms with E-state index >= 15 is 0 Å². The summed E-state index contributed by atoms with van der Waals surface area (Å²) in [7, 11) is 0. The van der Waals surface area contributed by atoms with Crippen molar-refractivity contribution >= 4 is 17.9 Å². The third-order valence-corrected chi connectivity index (χ3v) is 5.34. The molecular formula is C16H24N2O4. The summed E-state index contributed by atoms with van der Waals surface area (Å²) in [6.45, 7) is 3.52.